The first-order valence-electron chi connectivity index (χ1n) is 10.6. The molecule has 2 aromatic rings. The van der Waals surface area contributed by atoms with Crippen LogP contribution in [0.4, 0.5) is 9.80 Å². The van der Waals surface area contributed by atoms with E-state index in [2.05, 4.69) is 10.6 Å². The van der Waals surface area contributed by atoms with Gasteiger partial charge in [0, 0.05) is 4.88 Å². The van der Waals surface area contributed by atoms with Gasteiger partial charge in [0.2, 0.25) is 5.91 Å². The number of hydrogen-bond acceptors (Lipinski definition) is 6. The molecule has 1 saturated heterocycles. The molecule has 1 fully saturated rings. The minimum atomic E-state index is -1.13. The number of carbonyl (C=O) groups excluding carboxylic acids is 4. The predicted octanol–water partition coefficient (Wildman–Crippen LogP) is 3.26. The van der Waals surface area contributed by atoms with Crippen molar-refractivity contribution in [3.05, 3.63) is 51.4 Å². The van der Waals surface area contributed by atoms with Crippen LogP contribution in [0.3, 0.4) is 0 Å². The molecule has 1 unspecified atom stereocenters. The molecule has 4 rings (SSSR count). The average Bonchev–Trinajstić information content (AvgIpc) is 3.16. The Bertz CT molecular complexity index is 1120. The molecular weight excluding hydrogens is 430 g/mol. The van der Waals surface area contributed by atoms with E-state index in [1.54, 1.807) is 13.8 Å². The quantitative estimate of drug-likeness (QED) is 0.532. The molecule has 1 atom stereocenters. The van der Waals surface area contributed by atoms with Crippen molar-refractivity contribution < 1.29 is 23.9 Å². The zero-order valence-electron chi connectivity index (χ0n) is 18.2. The first kappa shape index (κ1) is 22.0. The van der Waals surface area contributed by atoms with Gasteiger partial charge < -0.3 is 15.4 Å². The Morgan fingerprint density at radius 1 is 1.25 bits per heavy atom. The third-order valence-electron chi connectivity index (χ3n) is 6.07. The fraction of sp³-hybridized carbons (Fsp3) is 0.391. The Morgan fingerprint density at radius 2 is 2.00 bits per heavy atom. The Morgan fingerprint density at radius 3 is 2.75 bits per heavy atom. The summed E-state index contributed by atoms with van der Waals surface area (Å²) in [5.41, 5.74) is 1.73. The summed E-state index contributed by atoms with van der Waals surface area (Å²) in [6.45, 7) is 5.12. The number of hydrogen-bond donors (Lipinski definition) is 2. The van der Waals surface area contributed by atoms with Crippen molar-refractivity contribution in [2.45, 2.75) is 45.6 Å². The maximum Gasteiger partial charge on any atom is 0.341 e. The van der Waals surface area contributed by atoms with Crippen LogP contribution in [0, 0.1) is 13.8 Å². The number of rotatable bonds is 5. The molecule has 1 aromatic carbocycles. The molecule has 168 valence electrons. The molecule has 32 heavy (non-hydrogen) atoms. The third-order valence-corrected chi connectivity index (χ3v) is 7.19. The summed E-state index contributed by atoms with van der Waals surface area (Å²) in [4.78, 5) is 53.0. The molecule has 2 aliphatic rings. The van der Waals surface area contributed by atoms with E-state index >= 15 is 0 Å². The van der Waals surface area contributed by atoms with Gasteiger partial charge in [0.05, 0.1) is 12.2 Å². The molecule has 4 amide bonds. The van der Waals surface area contributed by atoms with E-state index in [-0.39, 0.29) is 6.61 Å². The molecule has 0 bridgehead atoms. The lowest BCUT2D eigenvalue weighted by atomic mass is 9.76. The van der Waals surface area contributed by atoms with Gasteiger partial charge in [-0.2, -0.15) is 0 Å². The van der Waals surface area contributed by atoms with Crippen molar-refractivity contribution in [1.82, 2.24) is 10.2 Å². The van der Waals surface area contributed by atoms with Crippen LogP contribution in [0.5, 0.6) is 0 Å². The summed E-state index contributed by atoms with van der Waals surface area (Å²) in [5.74, 6) is -1.49. The van der Waals surface area contributed by atoms with Gasteiger partial charge in [0.25, 0.3) is 5.91 Å². The second kappa shape index (κ2) is 8.38. The van der Waals surface area contributed by atoms with Crippen molar-refractivity contribution in [2.24, 2.45) is 0 Å². The molecule has 1 spiro atoms. The maximum absolute atomic E-state index is 13.4. The number of ether oxygens (including phenoxy) is 1. The molecular formula is C23H25N3O5S. The van der Waals surface area contributed by atoms with Crippen LogP contribution in [0.15, 0.2) is 24.3 Å². The second-order valence-corrected chi connectivity index (χ2v) is 9.22. The number of aryl methyl sites for hydroxylation is 2. The highest BCUT2D eigenvalue weighted by molar-refractivity contribution is 7.16. The molecule has 0 radical (unpaired) electrons. The van der Waals surface area contributed by atoms with Gasteiger partial charge in [-0.15, -0.1) is 11.3 Å². The van der Waals surface area contributed by atoms with Gasteiger partial charge in [-0.25, -0.2) is 9.59 Å². The lowest BCUT2D eigenvalue weighted by molar-refractivity contribution is -0.134. The number of amides is 4. The van der Waals surface area contributed by atoms with Crippen LogP contribution in [-0.4, -0.2) is 41.9 Å². The lowest BCUT2D eigenvalue weighted by Crippen LogP contribution is -2.47. The minimum Gasteiger partial charge on any atom is -0.462 e. The number of carbonyl (C=O) groups is 4. The zero-order valence-corrected chi connectivity index (χ0v) is 19.1. The summed E-state index contributed by atoms with van der Waals surface area (Å²) in [6, 6.07) is 6.99. The summed E-state index contributed by atoms with van der Waals surface area (Å²) >= 11 is 1.26. The van der Waals surface area contributed by atoms with Crippen molar-refractivity contribution in [1.29, 1.82) is 0 Å². The van der Waals surface area contributed by atoms with Gasteiger partial charge in [0.1, 0.15) is 17.1 Å². The van der Waals surface area contributed by atoms with E-state index < -0.39 is 35.9 Å². The van der Waals surface area contributed by atoms with E-state index in [0.29, 0.717) is 17.0 Å². The minimum absolute atomic E-state index is 0.215. The highest BCUT2D eigenvalue weighted by Crippen LogP contribution is 2.40. The van der Waals surface area contributed by atoms with E-state index in [1.165, 1.54) is 11.3 Å². The molecule has 0 saturated carbocycles. The Kier molecular flexibility index (Phi) is 5.77. The number of thiophene rings is 1. The maximum atomic E-state index is 13.4. The number of benzene rings is 1. The largest absolute Gasteiger partial charge is 0.462 e. The number of imide groups is 1. The Hall–Kier alpha value is -3.20. The molecule has 2 N–H and O–H groups in total. The SMILES string of the molecule is CCOC(=O)c1c(NC(=O)CN2C(=O)NC3(CCCc4ccccc43)C2=O)sc(C)c1C. The smallest absolute Gasteiger partial charge is 0.341 e. The molecule has 9 heteroatoms. The van der Waals surface area contributed by atoms with Gasteiger partial charge in [0.15, 0.2) is 0 Å². The number of esters is 1. The molecule has 1 aromatic heterocycles. The van der Waals surface area contributed by atoms with Gasteiger partial charge in [-0.3, -0.25) is 14.5 Å². The van der Waals surface area contributed by atoms with Gasteiger partial charge in [-0.1, -0.05) is 24.3 Å². The number of fused-ring (bicyclic) bond motifs is 2. The van der Waals surface area contributed by atoms with Crippen LogP contribution < -0.4 is 10.6 Å². The van der Waals surface area contributed by atoms with Gasteiger partial charge in [-0.05, 0) is 56.7 Å². The van der Waals surface area contributed by atoms with Gasteiger partial charge >= 0.3 is 12.0 Å². The van der Waals surface area contributed by atoms with Crippen LogP contribution in [0.1, 0.15) is 51.7 Å². The highest BCUT2D eigenvalue weighted by atomic mass is 32.1. The lowest BCUT2D eigenvalue weighted by Gasteiger charge is -2.33. The summed E-state index contributed by atoms with van der Waals surface area (Å²) in [7, 11) is 0. The summed E-state index contributed by atoms with van der Waals surface area (Å²) in [6.07, 6.45) is 2.10. The van der Waals surface area contributed by atoms with Crippen molar-refractivity contribution in [2.75, 3.05) is 18.5 Å². The molecule has 1 aliphatic heterocycles. The average molecular weight is 456 g/mol. The molecule has 2 heterocycles. The first-order chi connectivity index (χ1) is 15.3. The van der Waals surface area contributed by atoms with Crippen LogP contribution in [0.25, 0.3) is 0 Å². The first-order valence-corrected chi connectivity index (χ1v) is 11.4. The highest BCUT2D eigenvalue weighted by Gasteiger charge is 2.54. The topological polar surface area (TPSA) is 105 Å². The number of nitrogens with zero attached hydrogens (tertiary/aromatic N) is 1. The van der Waals surface area contributed by atoms with E-state index in [4.69, 9.17) is 4.74 Å². The van der Waals surface area contributed by atoms with E-state index in [9.17, 15) is 19.2 Å². The predicted molar refractivity (Wildman–Crippen MR) is 120 cm³/mol. The standard InChI is InChI=1S/C23H25N3O5S/c1-4-31-20(28)18-13(2)14(3)32-19(18)24-17(27)12-26-21(29)23(25-22(26)30)11-7-9-15-8-5-6-10-16(15)23/h5-6,8,10H,4,7,9,11-12H2,1-3H3,(H,24,27)(H,25,30). The third kappa shape index (κ3) is 3.56. The van der Waals surface area contributed by atoms with Crippen LogP contribution >= 0.6 is 11.3 Å². The van der Waals surface area contributed by atoms with E-state index in [0.717, 1.165) is 39.3 Å². The Labute approximate surface area is 189 Å². The van der Waals surface area contributed by atoms with Crippen molar-refractivity contribution in [3.8, 4) is 0 Å². The van der Waals surface area contributed by atoms with Crippen LogP contribution in [0.2, 0.25) is 0 Å². The number of nitrogens with one attached hydrogen (secondary N) is 2. The zero-order chi connectivity index (χ0) is 23.0. The molecule has 1 aliphatic carbocycles. The fourth-order valence-corrected chi connectivity index (χ4v) is 5.49. The number of urea groups is 1. The van der Waals surface area contributed by atoms with Crippen molar-refractivity contribution >= 4 is 40.2 Å². The number of anilines is 1. The normalized spacial score (nSPS) is 19.7. The van der Waals surface area contributed by atoms with Crippen LogP contribution in [-0.2, 0) is 26.3 Å². The summed E-state index contributed by atoms with van der Waals surface area (Å²) < 4.78 is 5.11. The fourth-order valence-electron chi connectivity index (χ4n) is 4.43. The second-order valence-electron chi connectivity index (χ2n) is 7.99. The summed E-state index contributed by atoms with van der Waals surface area (Å²) in [5, 5.41) is 5.89. The van der Waals surface area contributed by atoms with Crippen molar-refractivity contribution in [3.63, 3.8) is 0 Å². The molecule has 8 nitrogen and oxygen atoms in total. The monoisotopic (exact) mass is 455 g/mol. The Balaban J connectivity index is 1.55. The van der Waals surface area contributed by atoms with E-state index in [1.807, 2.05) is 31.2 Å².